The Bertz CT molecular complexity index is 2770. The Kier molecular flexibility index (Phi) is 8.86. The van der Waals surface area contributed by atoms with Gasteiger partial charge in [0.2, 0.25) is 9.84 Å². The Morgan fingerprint density at radius 2 is 0.965 bits per heavy atom. The van der Waals surface area contributed by atoms with Gasteiger partial charge < -0.3 is 0 Å². The standard InChI is InChI=1S/C50H56N4O2S/c1-47(2,3)31-13-19-41-37(25-31)38-26-32(48(4,5)6)14-20-42(38)53(41)45-23-17-35(29-51-45)57(55,56)36-18-24-46(52-30-36)54-43-21-15-33(49(7,8)9)27-39(43)40-28-34(50(10,11)12)16-22-44(40)54/h13-27,29-30,34H,28H2,1-12H3. The van der Waals surface area contributed by atoms with Gasteiger partial charge in [-0.2, -0.15) is 0 Å². The molecule has 0 saturated carbocycles. The summed E-state index contributed by atoms with van der Waals surface area (Å²) in [6, 6.07) is 27.0. The van der Waals surface area contributed by atoms with E-state index >= 15 is 0 Å². The quantitative estimate of drug-likeness (QED) is 0.178. The van der Waals surface area contributed by atoms with Gasteiger partial charge in [-0.3, -0.25) is 9.13 Å². The van der Waals surface area contributed by atoms with Gasteiger partial charge >= 0.3 is 0 Å². The van der Waals surface area contributed by atoms with Crippen LogP contribution >= 0.6 is 0 Å². The maximum absolute atomic E-state index is 14.1. The lowest BCUT2D eigenvalue weighted by molar-refractivity contribution is 0.291. The topological polar surface area (TPSA) is 69.8 Å². The first kappa shape index (κ1) is 38.8. The van der Waals surface area contributed by atoms with Crippen LogP contribution in [0.4, 0.5) is 0 Å². The number of nitrogens with zero attached hydrogens (tertiary/aromatic N) is 4. The van der Waals surface area contributed by atoms with Gasteiger partial charge in [0.15, 0.2) is 0 Å². The summed E-state index contributed by atoms with van der Waals surface area (Å²) in [4.78, 5) is 9.86. The van der Waals surface area contributed by atoms with E-state index in [0.29, 0.717) is 17.6 Å². The Labute approximate surface area is 338 Å². The molecule has 1 aliphatic carbocycles. The molecule has 57 heavy (non-hydrogen) atoms. The van der Waals surface area contributed by atoms with Crippen molar-refractivity contribution in [3.8, 4) is 11.6 Å². The number of pyridine rings is 2. The lowest BCUT2D eigenvalue weighted by Gasteiger charge is -2.30. The summed E-state index contributed by atoms with van der Waals surface area (Å²) in [5.74, 6) is 1.75. The highest BCUT2D eigenvalue weighted by atomic mass is 32.2. The zero-order chi connectivity index (χ0) is 41.0. The average Bonchev–Trinajstić information content (AvgIpc) is 3.65. The molecule has 0 amide bonds. The van der Waals surface area contributed by atoms with Crippen LogP contribution in [0, 0.1) is 11.3 Å². The normalized spacial score (nSPS) is 15.5. The third-order valence-electron chi connectivity index (χ3n) is 12.0. The third-order valence-corrected chi connectivity index (χ3v) is 13.7. The number of allylic oxidation sites excluding steroid dienone is 1. The molecule has 4 heterocycles. The minimum atomic E-state index is -3.90. The van der Waals surface area contributed by atoms with E-state index in [-0.39, 0.29) is 31.5 Å². The van der Waals surface area contributed by atoms with Gasteiger partial charge in [0.1, 0.15) is 11.6 Å². The molecular formula is C50H56N4O2S. The molecule has 1 unspecified atom stereocenters. The molecule has 3 aromatic carbocycles. The van der Waals surface area contributed by atoms with Gasteiger partial charge in [-0.1, -0.05) is 107 Å². The first-order valence-corrected chi connectivity index (χ1v) is 21.6. The van der Waals surface area contributed by atoms with Crippen LogP contribution in [-0.2, 0) is 32.5 Å². The molecule has 7 aromatic rings. The summed E-state index contributed by atoms with van der Waals surface area (Å²) in [7, 11) is -3.90. The Morgan fingerprint density at radius 1 is 0.544 bits per heavy atom. The second kappa shape index (κ2) is 13.0. The predicted molar refractivity (Wildman–Crippen MR) is 237 cm³/mol. The highest BCUT2D eigenvalue weighted by Crippen LogP contribution is 2.42. The molecule has 1 atom stereocenters. The van der Waals surface area contributed by atoms with Crippen molar-refractivity contribution in [1.82, 2.24) is 19.1 Å². The number of fused-ring (bicyclic) bond motifs is 6. The van der Waals surface area contributed by atoms with Crippen molar-refractivity contribution >= 4 is 48.6 Å². The summed E-state index contributed by atoms with van der Waals surface area (Å²) in [5.41, 5.74) is 9.48. The molecule has 0 bridgehead atoms. The Hall–Kier alpha value is -5.01. The van der Waals surface area contributed by atoms with Crippen LogP contribution in [0.1, 0.15) is 111 Å². The number of rotatable bonds is 4. The van der Waals surface area contributed by atoms with E-state index in [1.54, 1.807) is 12.1 Å². The molecular weight excluding hydrogens is 721 g/mol. The van der Waals surface area contributed by atoms with Gasteiger partial charge in [0.25, 0.3) is 0 Å². The lowest BCUT2D eigenvalue weighted by Crippen LogP contribution is -2.23. The lowest BCUT2D eigenvalue weighted by atomic mass is 9.74. The fourth-order valence-electron chi connectivity index (χ4n) is 8.24. The van der Waals surface area contributed by atoms with Crippen LogP contribution in [0.5, 0.6) is 0 Å². The minimum absolute atomic E-state index is 0.00812. The van der Waals surface area contributed by atoms with Crippen molar-refractivity contribution in [2.75, 3.05) is 0 Å². The third kappa shape index (κ3) is 6.72. The van der Waals surface area contributed by atoms with Gasteiger partial charge in [-0.05, 0) is 123 Å². The summed E-state index contributed by atoms with van der Waals surface area (Å²) in [6.07, 6.45) is 8.45. The van der Waals surface area contributed by atoms with Crippen LogP contribution in [0.25, 0.3) is 50.4 Å². The molecule has 0 aliphatic heterocycles. The predicted octanol–water partition coefficient (Wildman–Crippen LogP) is 12.5. The zero-order valence-electron chi connectivity index (χ0n) is 35.6. The maximum atomic E-state index is 14.1. The smallest absolute Gasteiger partial charge is 0.209 e. The SMILES string of the molecule is CC(C)(C)c1ccc2c(c1)c1c(n2-c2ccc(S(=O)(=O)c3ccc(-n4c5ccc(C(C)(C)C)cc5c5cc(C(C)(C)C)ccc54)nc3)cn2)C=CC(C(C)(C)C)C1. The van der Waals surface area contributed by atoms with E-state index in [9.17, 15) is 8.42 Å². The van der Waals surface area contributed by atoms with Crippen molar-refractivity contribution in [1.29, 1.82) is 0 Å². The van der Waals surface area contributed by atoms with Crippen LogP contribution < -0.4 is 0 Å². The van der Waals surface area contributed by atoms with Crippen molar-refractivity contribution in [3.63, 3.8) is 0 Å². The number of aromatic nitrogens is 4. The second-order valence-corrected chi connectivity index (χ2v) is 22.2. The fraction of sp³-hybridized carbons (Fsp3) is 0.360. The average molecular weight is 777 g/mol. The molecule has 0 fully saturated rings. The Morgan fingerprint density at radius 3 is 1.37 bits per heavy atom. The molecule has 294 valence electrons. The molecule has 4 aromatic heterocycles. The van der Waals surface area contributed by atoms with Gasteiger partial charge in [-0.25, -0.2) is 18.4 Å². The molecule has 8 rings (SSSR count). The van der Waals surface area contributed by atoms with Crippen molar-refractivity contribution in [2.24, 2.45) is 11.3 Å². The van der Waals surface area contributed by atoms with E-state index < -0.39 is 9.84 Å². The summed E-state index contributed by atoms with van der Waals surface area (Å²) >= 11 is 0. The first-order chi connectivity index (χ1) is 26.5. The number of benzene rings is 3. The molecule has 6 nitrogen and oxygen atoms in total. The number of hydrogen-bond donors (Lipinski definition) is 0. The minimum Gasteiger partial charge on any atom is -0.294 e. The first-order valence-electron chi connectivity index (χ1n) is 20.2. The van der Waals surface area contributed by atoms with Crippen LogP contribution in [-0.4, -0.2) is 27.5 Å². The molecule has 0 saturated heterocycles. The number of sulfone groups is 1. The molecule has 0 radical (unpaired) electrons. The van der Waals surface area contributed by atoms with Crippen LogP contribution in [0.2, 0.25) is 0 Å². The summed E-state index contributed by atoms with van der Waals surface area (Å²) < 4.78 is 32.6. The van der Waals surface area contributed by atoms with Gasteiger partial charge in [0.05, 0.1) is 32.0 Å². The van der Waals surface area contributed by atoms with E-state index in [1.807, 2.05) is 12.1 Å². The van der Waals surface area contributed by atoms with E-state index in [4.69, 9.17) is 9.97 Å². The maximum Gasteiger partial charge on any atom is 0.209 e. The van der Waals surface area contributed by atoms with E-state index in [1.165, 1.54) is 40.0 Å². The second-order valence-electron chi connectivity index (χ2n) is 20.2. The number of hydrogen-bond acceptors (Lipinski definition) is 4. The van der Waals surface area contributed by atoms with Crippen molar-refractivity contribution in [3.05, 3.63) is 125 Å². The van der Waals surface area contributed by atoms with E-state index in [0.717, 1.165) is 39.4 Å². The molecule has 1 aliphatic rings. The van der Waals surface area contributed by atoms with Crippen LogP contribution in [0.3, 0.4) is 0 Å². The fourth-order valence-corrected chi connectivity index (χ4v) is 9.38. The van der Waals surface area contributed by atoms with Crippen molar-refractivity contribution in [2.45, 2.75) is 116 Å². The molecule has 0 spiro atoms. The summed E-state index contributed by atoms with van der Waals surface area (Å²) in [6.45, 7) is 27.0. The van der Waals surface area contributed by atoms with Crippen molar-refractivity contribution < 1.29 is 8.42 Å². The highest BCUT2D eigenvalue weighted by molar-refractivity contribution is 7.91. The highest BCUT2D eigenvalue weighted by Gasteiger charge is 2.31. The largest absolute Gasteiger partial charge is 0.294 e. The van der Waals surface area contributed by atoms with E-state index in [2.05, 4.69) is 159 Å². The monoisotopic (exact) mass is 776 g/mol. The Balaban J connectivity index is 1.17. The van der Waals surface area contributed by atoms with Crippen LogP contribution in [0.15, 0.2) is 107 Å². The van der Waals surface area contributed by atoms with Gasteiger partial charge in [0, 0.05) is 28.6 Å². The molecule has 7 heteroatoms. The zero-order valence-corrected chi connectivity index (χ0v) is 36.4. The van der Waals surface area contributed by atoms with Gasteiger partial charge in [-0.15, -0.1) is 0 Å². The summed E-state index contributed by atoms with van der Waals surface area (Å²) in [5, 5.41) is 3.54. The molecule has 0 N–H and O–H groups in total.